The van der Waals surface area contributed by atoms with Gasteiger partial charge in [-0.05, 0) is 41.2 Å². The Balaban J connectivity index is 1.46. The Hall–Kier alpha value is -2.99. The molecular formula is C25H27N3O2S. The highest BCUT2D eigenvalue weighted by molar-refractivity contribution is 7.10. The first-order valence-electron chi connectivity index (χ1n) is 10.7. The van der Waals surface area contributed by atoms with Gasteiger partial charge in [-0.3, -0.25) is 14.6 Å². The number of amides is 2. The van der Waals surface area contributed by atoms with Gasteiger partial charge in [-0.25, -0.2) is 0 Å². The molecule has 0 aliphatic carbocycles. The van der Waals surface area contributed by atoms with Crippen LogP contribution in [0.25, 0.3) is 11.1 Å². The third kappa shape index (κ3) is 5.02. The van der Waals surface area contributed by atoms with Crippen LogP contribution in [0.2, 0.25) is 0 Å². The average molecular weight is 434 g/mol. The van der Waals surface area contributed by atoms with Crippen LogP contribution in [0.1, 0.15) is 40.6 Å². The van der Waals surface area contributed by atoms with E-state index in [0.29, 0.717) is 32.0 Å². The van der Waals surface area contributed by atoms with Crippen molar-refractivity contribution < 1.29 is 9.59 Å². The molecule has 1 N–H and O–H groups in total. The predicted octanol–water partition coefficient (Wildman–Crippen LogP) is 4.36. The Bertz CT molecular complexity index is 1040. The molecule has 3 heterocycles. The Labute approximate surface area is 187 Å². The van der Waals surface area contributed by atoms with Crippen LogP contribution in [0.5, 0.6) is 0 Å². The standard InChI is InChI=1S/C25H27N3O2S/c1-17(2)23-13-22(16-31-23)25(30)28-11-10-27-24(29)21(15-28)12-18-5-7-19(8-6-18)20-4-3-9-26-14-20/h3-9,13-14,16-17,21H,10-12,15H2,1-2H3,(H,27,29). The minimum Gasteiger partial charge on any atom is -0.354 e. The van der Waals surface area contributed by atoms with E-state index in [2.05, 4.69) is 48.4 Å². The van der Waals surface area contributed by atoms with E-state index < -0.39 is 0 Å². The van der Waals surface area contributed by atoms with Crippen LogP contribution in [-0.4, -0.2) is 41.3 Å². The van der Waals surface area contributed by atoms with Gasteiger partial charge in [0.25, 0.3) is 5.91 Å². The summed E-state index contributed by atoms with van der Waals surface area (Å²) >= 11 is 1.62. The van der Waals surface area contributed by atoms with E-state index in [1.807, 2.05) is 34.7 Å². The maximum absolute atomic E-state index is 13.1. The van der Waals surface area contributed by atoms with Gasteiger partial charge in [0.15, 0.2) is 0 Å². The summed E-state index contributed by atoms with van der Waals surface area (Å²) < 4.78 is 0. The SMILES string of the molecule is CC(C)c1cc(C(=O)N2CCNC(=O)C(Cc3ccc(-c4cccnc4)cc3)C2)cs1. The van der Waals surface area contributed by atoms with Crippen LogP contribution < -0.4 is 5.32 Å². The quantitative estimate of drug-likeness (QED) is 0.650. The van der Waals surface area contributed by atoms with Crippen LogP contribution in [0, 0.1) is 5.92 Å². The lowest BCUT2D eigenvalue weighted by Gasteiger charge is -2.23. The number of carbonyl (C=O) groups is 2. The molecule has 0 bridgehead atoms. The predicted molar refractivity (Wildman–Crippen MR) is 124 cm³/mol. The number of aromatic nitrogens is 1. The van der Waals surface area contributed by atoms with Crippen molar-refractivity contribution in [3.05, 3.63) is 76.2 Å². The van der Waals surface area contributed by atoms with Crippen LogP contribution in [-0.2, 0) is 11.2 Å². The number of rotatable bonds is 5. The normalized spacial score (nSPS) is 16.8. The lowest BCUT2D eigenvalue weighted by molar-refractivity contribution is -0.124. The molecule has 5 nitrogen and oxygen atoms in total. The highest BCUT2D eigenvalue weighted by Gasteiger charge is 2.28. The smallest absolute Gasteiger partial charge is 0.254 e. The molecule has 0 saturated carbocycles. The monoisotopic (exact) mass is 433 g/mol. The zero-order valence-corrected chi connectivity index (χ0v) is 18.7. The van der Waals surface area contributed by atoms with Gasteiger partial charge in [0, 0.05) is 42.3 Å². The van der Waals surface area contributed by atoms with Crippen LogP contribution in [0.15, 0.2) is 60.2 Å². The fourth-order valence-electron chi connectivity index (χ4n) is 3.84. The average Bonchev–Trinajstić information content (AvgIpc) is 3.22. The molecule has 160 valence electrons. The summed E-state index contributed by atoms with van der Waals surface area (Å²) in [6.07, 6.45) is 4.20. The molecule has 2 aromatic heterocycles. The van der Waals surface area contributed by atoms with E-state index in [-0.39, 0.29) is 17.7 Å². The van der Waals surface area contributed by atoms with Crippen molar-refractivity contribution in [2.45, 2.75) is 26.2 Å². The summed E-state index contributed by atoms with van der Waals surface area (Å²) in [4.78, 5) is 32.9. The van der Waals surface area contributed by atoms with Crippen molar-refractivity contribution in [1.82, 2.24) is 15.2 Å². The first-order chi connectivity index (χ1) is 15.0. The number of nitrogens with zero attached hydrogens (tertiary/aromatic N) is 2. The van der Waals surface area contributed by atoms with Gasteiger partial charge >= 0.3 is 0 Å². The molecule has 1 aliphatic heterocycles. The molecule has 3 aromatic rings. The Morgan fingerprint density at radius 3 is 2.71 bits per heavy atom. The molecule has 1 aromatic carbocycles. The number of carbonyl (C=O) groups excluding carboxylic acids is 2. The van der Waals surface area contributed by atoms with Crippen LogP contribution in [0.4, 0.5) is 0 Å². The molecule has 1 aliphatic rings. The number of hydrogen-bond acceptors (Lipinski definition) is 4. The topological polar surface area (TPSA) is 62.3 Å². The summed E-state index contributed by atoms with van der Waals surface area (Å²) in [6.45, 7) is 5.71. The zero-order valence-electron chi connectivity index (χ0n) is 17.9. The van der Waals surface area contributed by atoms with E-state index in [0.717, 1.165) is 22.3 Å². The summed E-state index contributed by atoms with van der Waals surface area (Å²) in [7, 11) is 0. The molecule has 2 amide bonds. The molecule has 0 spiro atoms. The van der Waals surface area contributed by atoms with Gasteiger partial charge in [-0.15, -0.1) is 11.3 Å². The number of pyridine rings is 1. The fourth-order valence-corrected chi connectivity index (χ4v) is 4.74. The highest BCUT2D eigenvalue weighted by Crippen LogP contribution is 2.25. The molecule has 31 heavy (non-hydrogen) atoms. The molecular weight excluding hydrogens is 406 g/mol. The first-order valence-corrected chi connectivity index (χ1v) is 11.5. The van der Waals surface area contributed by atoms with Crippen molar-refractivity contribution in [3.63, 3.8) is 0 Å². The van der Waals surface area contributed by atoms with Crippen LogP contribution in [0.3, 0.4) is 0 Å². The van der Waals surface area contributed by atoms with Crippen molar-refractivity contribution in [1.29, 1.82) is 0 Å². The molecule has 0 radical (unpaired) electrons. The second-order valence-electron chi connectivity index (χ2n) is 8.27. The molecule has 6 heteroatoms. The highest BCUT2D eigenvalue weighted by atomic mass is 32.1. The minimum absolute atomic E-state index is 0.0107. The lowest BCUT2D eigenvalue weighted by Crippen LogP contribution is -2.37. The summed E-state index contributed by atoms with van der Waals surface area (Å²) in [5.41, 5.74) is 3.97. The largest absolute Gasteiger partial charge is 0.354 e. The van der Waals surface area contributed by atoms with Gasteiger partial charge in [-0.1, -0.05) is 44.2 Å². The Kier molecular flexibility index (Phi) is 6.47. The van der Waals surface area contributed by atoms with Crippen molar-refractivity contribution >= 4 is 23.2 Å². The number of benzene rings is 1. The molecule has 1 unspecified atom stereocenters. The molecule has 4 rings (SSSR count). The Morgan fingerprint density at radius 1 is 1.23 bits per heavy atom. The summed E-state index contributed by atoms with van der Waals surface area (Å²) in [5, 5.41) is 4.91. The Morgan fingerprint density at radius 2 is 2.03 bits per heavy atom. The van der Waals surface area contributed by atoms with E-state index in [1.54, 1.807) is 17.5 Å². The number of thiophene rings is 1. The van der Waals surface area contributed by atoms with E-state index in [9.17, 15) is 9.59 Å². The second-order valence-corrected chi connectivity index (χ2v) is 9.22. The van der Waals surface area contributed by atoms with Crippen molar-refractivity contribution in [3.8, 4) is 11.1 Å². The third-order valence-corrected chi connectivity index (χ3v) is 6.88. The molecule has 1 fully saturated rings. The van der Waals surface area contributed by atoms with E-state index in [1.165, 1.54) is 4.88 Å². The van der Waals surface area contributed by atoms with Gasteiger partial charge in [0.2, 0.25) is 5.91 Å². The maximum Gasteiger partial charge on any atom is 0.254 e. The van der Waals surface area contributed by atoms with Gasteiger partial charge in [-0.2, -0.15) is 0 Å². The van der Waals surface area contributed by atoms with E-state index >= 15 is 0 Å². The number of hydrogen-bond donors (Lipinski definition) is 1. The van der Waals surface area contributed by atoms with Gasteiger partial charge in [0.05, 0.1) is 11.5 Å². The second kappa shape index (κ2) is 9.43. The summed E-state index contributed by atoms with van der Waals surface area (Å²) in [6, 6.07) is 14.2. The first kappa shape index (κ1) is 21.2. The third-order valence-electron chi connectivity index (χ3n) is 5.65. The van der Waals surface area contributed by atoms with E-state index in [4.69, 9.17) is 0 Å². The molecule has 1 saturated heterocycles. The molecule has 1 atom stereocenters. The van der Waals surface area contributed by atoms with Crippen LogP contribution >= 0.6 is 11.3 Å². The lowest BCUT2D eigenvalue weighted by atomic mass is 9.96. The van der Waals surface area contributed by atoms with Crippen molar-refractivity contribution in [2.24, 2.45) is 5.92 Å². The minimum atomic E-state index is -0.265. The zero-order chi connectivity index (χ0) is 21.8. The maximum atomic E-state index is 13.1. The van der Waals surface area contributed by atoms with Gasteiger partial charge < -0.3 is 10.2 Å². The summed E-state index contributed by atoms with van der Waals surface area (Å²) in [5.74, 6) is 0.164. The number of nitrogens with one attached hydrogen (secondary N) is 1. The van der Waals surface area contributed by atoms with Gasteiger partial charge in [0.1, 0.15) is 0 Å². The fraction of sp³-hybridized carbons (Fsp3) is 0.320. The van der Waals surface area contributed by atoms with Crippen molar-refractivity contribution in [2.75, 3.05) is 19.6 Å².